The van der Waals surface area contributed by atoms with Crippen molar-refractivity contribution in [2.75, 3.05) is 39.2 Å². The zero-order valence-electron chi connectivity index (χ0n) is 11.6. The molecule has 0 radical (unpaired) electrons. The maximum absolute atomic E-state index is 12.3. The zero-order chi connectivity index (χ0) is 13.7. The molecule has 0 unspecified atom stereocenters. The molecule has 5 nitrogen and oxygen atoms in total. The van der Waals surface area contributed by atoms with Crippen LogP contribution in [0.1, 0.15) is 23.2 Å². The van der Waals surface area contributed by atoms with Gasteiger partial charge in [-0.15, -0.1) is 0 Å². The minimum atomic E-state index is 0.0467. The number of rotatable bonds is 4. The minimum absolute atomic E-state index is 0.0467. The van der Waals surface area contributed by atoms with E-state index < -0.39 is 0 Å². The first-order chi connectivity index (χ1) is 9.20. The van der Waals surface area contributed by atoms with Crippen molar-refractivity contribution in [1.29, 1.82) is 0 Å². The van der Waals surface area contributed by atoms with Crippen LogP contribution in [-0.2, 0) is 4.74 Å². The van der Waals surface area contributed by atoms with Crippen LogP contribution >= 0.6 is 0 Å². The molecule has 1 aliphatic heterocycles. The molecule has 1 amide bonds. The lowest BCUT2D eigenvalue weighted by molar-refractivity contribution is 0.0497. The van der Waals surface area contributed by atoms with Crippen molar-refractivity contribution >= 4 is 11.7 Å². The normalized spacial score (nSPS) is 16.1. The molecule has 1 aliphatic rings. The van der Waals surface area contributed by atoms with Gasteiger partial charge in [0, 0.05) is 45.6 Å². The summed E-state index contributed by atoms with van der Waals surface area (Å²) < 4.78 is 5.34. The highest BCUT2D eigenvalue weighted by atomic mass is 16.5. The van der Waals surface area contributed by atoms with Crippen LogP contribution in [0.4, 0.5) is 5.82 Å². The average molecular weight is 263 g/mol. The number of aromatic nitrogens is 1. The molecule has 0 spiro atoms. The number of ether oxygens (including phenoxy) is 1. The number of carbonyl (C=O) groups excluding carboxylic acids is 1. The number of hydrogen-bond donors (Lipinski definition) is 1. The second-order valence-electron chi connectivity index (χ2n) is 4.92. The van der Waals surface area contributed by atoms with Crippen LogP contribution in [0, 0.1) is 5.92 Å². The lowest BCUT2D eigenvalue weighted by Gasteiger charge is -2.27. The zero-order valence-corrected chi connectivity index (χ0v) is 11.6. The van der Waals surface area contributed by atoms with Crippen molar-refractivity contribution < 1.29 is 9.53 Å². The van der Waals surface area contributed by atoms with Crippen LogP contribution < -0.4 is 5.32 Å². The summed E-state index contributed by atoms with van der Waals surface area (Å²) in [6.45, 7) is 2.41. The van der Waals surface area contributed by atoms with Crippen molar-refractivity contribution in [2.45, 2.75) is 12.8 Å². The Morgan fingerprint density at radius 2 is 2.26 bits per heavy atom. The van der Waals surface area contributed by atoms with Gasteiger partial charge in [0.15, 0.2) is 0 Å². The van der Waals surface area contributed by atoms with Gasteiger partial charge in [-0.3, -0.25) is 4.79 Å². The number of pyridine rings is 1. The van der Waals surface area contributed by atoms with Gasteiger partial charge in [-0.05, 0) is 30.9 Å². The fourth-order valence-corrected chi connectivity index (χ4v) is 2.32. The molecule has 2 rings (SSSR count). The van der Waals surface area contributed by atoms with Gasteiger partial charge in [-0.2, -0.15) is 0 Å². The third-order valence-electron chi connectivity index (χ3n) is 3.48. The van der Waals surface area contributed by atoms with E-state index in [1.54, 1.807) is 30.3 Å². The first-order valence-corrected chi connectivity index (χ1v) is 6.67. The van der Waals surface area contributed by atoms with E-state index in [1.165, 1.54) is 0 Å². The number of hydrogen-bond acceptors (Lipinski definition) is 4. The van der Waals surface area contributed by atoms with Gasteiger partial charge in [-0.1, -0.05) is 0 Å². The van der Waals surface area contributed by atoms with E-state index >= 15 is 0 Å². The van der Waals surface area contributed by atoms with Crippen LogP contribution in [0.25, 0.3) is 0 Å². The number of nitrogens with zero attached hydrogens (tertiary/aromatic N) is 2. The third-order valence-corrected chi connectivity index (χ3v) is 3.48. The molecule has 104 valence electrons. The summed E-state index contributed by atoms with van der Waals surface area (Å²) in [5.41, 5.74) is 0.675. The molecular weight excluding hydrogens is 242 g/mol. The summed E-state index contributed by atoms with van der Waals surface area (Å²) in [5.74, 6) is 1.31. The predicted molar refractivity (Wildman–Crippen MR) is 74.3 cm³/mol. The maximum Gasteiger partial charge on any atom is 0.253 e. The van der Waals surface area contributed by atoms with E-state index in [-0.39, 0.29) is 5.91 Å². The van der Waals surface area contributed by atoms with Crippen LogP contribution in [0.2, 0.25) is 0 Å². The second-order valence-corrected chi connectivity index (χ2v) is 4.92. The number of amides is 1. The van der Waals surface area contributed by atoms with Gasteiger partial charge in [0.1, 0.15) is 5.82 Å². The van der Waals surface area contributed by atoms with Crippen LogP contribution in [-0.4, -0.2) is 49.6 Å². The molecule has 0 aliphatic carbocycles. The molecule has 0 saturated carbocycles. The lowest BCUT2D eigenvalue weighted by Crippen LogP contribution is -2.34. The first-order valence-electron chi connectivity index (χ1n) is 6.67. The fourth-order valence-electron chi connectivity index (χ4n) is 2.32. The van der Waals surface area contributed by atoms with E-state index in [9.17, 15) is 4.79 Å². The average Bonchev–Trinajstić information content (AvgIpc) is 2.47. The quantitative estimate of drug-likeness (QED) is 0.897. The molecule has 5 heteroatoms. The van der Waals surface area contributed by atoms with Crippen molar-refractivity contribution in [3.63, 3.8) is 0 Å². The molecule has 0 atom stereocenters. The van der Waals surface area contributed by atoms with Gasteiger partial charge in [0.05, 0.1) is 0 Å². The van der Waals surface area contributed by atoms with Crippen molar-refractivity contribution in [3.05, 3.63) is 23.9 Å². The molecule has 1 saturated heterocycles. The van der Waals surface area contributed by atoms with Gasteiger partial charge in [0.2, 0.25) is 0 Å². The first kappa shape index (κ1) is 13.8. The highest BCUT2D eigenvalue weighted by Gasteiger charge is 2.19. The summed E-state index contributed by atoms with van der Waals surface area (Å²) in [6.07, 6.45) is 3.73. The van der Waals surface area contributed by atoms with Crippen molar-refractivity contribution in [2.24, 2.45) is 5.92 Å². The summed E-state index contributed by atoms with van der Waals surface area (Å²) >= 11 is 0. The van der Waals surface area contributed by atoms with Crippen molar-refractivity contribution in [3.8, 4) is 0 Å². The number of carbonyl (C=O) groups is 1. The Morgan fingerprint density at radius 1 is 1.53 bits per heavy atom. The molecule has 2 heterocycles. The number of anilines is 1. The fraction of sp³-hybridized carbons (Fsp3) is 0.571. The summed E-state index contributed by atoms with van der Waals surface area (Å²) in [7, 11) is 3.65. The van der Waals surface area contributed by atoms with Gasteiger partial charge >= 0.3 is 0 Å². The Kier molecular flexibility index (Phi) is 4.74. The highest BCUT2D eigenvalue weighted by Crippen LogP contribution is 2.17. The van der Waals surface area contributed by atoms with E-state index in [0.717, 1.165) is 32.6 Å². The van der Waals surface area contributed by atoms with E-state index in [1.807, 2.05) is 7.05 Å². The summed E-state index contributed by atoms with van der Waals surface area (Å²) in [5, 5.41) is 2.94. The molecule has 0 aromatic carbocycles. The Balaban J connectivity index is 1.97. The molecular formula is C14H21N3O2. The maximum atomic E-state index is 12.3. The van der Waals surface area contributed by atoms with Crippen LogP contribution in [0.3, 0.4) is 0 Å². The van der Waals surface area contributed by atoms with Gasteiger partial charge < -0.3 is 15.0 Å². The molecule has 1 aromatic heterocycles. The van der Waals surface area contributed by atoms with Crippen molar-refractivity contribution in [1.82, 2.24) is 9.88 Å². The molecule has 1 aromatic rings. The lowest BCUT2D eigenvalue weighted by atomic mass is 9.99. The van der Waals surface area contributed by atoms with Gasteiger partial charge in [-0.25, -0.2) is 4.98 Å². The van der Waals surface area contributed by atoms with Gasteiger partial charge in [0.25, 0.3) is 5.91 Å². The molecule has 1 fully saturated rings. The Labute approximate surface area is 114 Å². The summed E-state index contributed by atoms with van der Waals surface area (Å²) in [6, 6.07) is 3.53. The minimum Gasteiger partial charge on any atom is -0.381 e. The molecule has 19 heavy (non-hydrogen) atoms. The van der Waals surface area contributed by atoms with E-state index in [2.05, 4.69) is 10.3 Å². The van der Waals surface area contributed by atoms with E-state index in [0.29, 0.717) is 17.3 Å². The SMILES string of the molecule is CNc1cc(C(=O)N(C)CC2CCOCC2)ccn1. The molecule has 1 N–H and O–H groups in total. The third kappa shape index (κ3) is 3.67. The largest absolute Gasteiger partial charge is 0.381 e. The molecule has 0 bridgehead atoms. The Morgan fingerprint density at radius 3 is 2.95 bits per heavy atom. The van der Waals surface area contributed by atoms with Crippen LogP contribution in [0.15, 0.2) is 18.3 Å². The summed E-state index contributed by atoms with van der Waals surface area (Å²) in [4.78, 5) is 18.2. The monoisotopic (exact) mass is 263 g/mol. The second kappa shape index (κ2) is 6.52. The Bertz CT molecular complexity index is 430. The highest BCUT2D eigenvalue weighted by molar-refractivity contribution is 5.94. The van der Waals surface area contributed by atoms with Crippen LogP contribution in [0.5, 0.6) is 0 Å². The standard InChI is InChI=1S/C14H21N3O2/c1-15-13-9-12(3-6-16-13)14(18)17(2)10-11-4-7-19-8-5-11/h3,6,9,11H,4-5,7-8,10H2,1-2H3,(H,15,16). The Hall–Kier alpha value is -1.62. The number of nitrogens with one attached hydrogen (secondary N) is 1. The predicted octanol–water partition coefficient (Wildman–Crippen LogP) is 1.62. The smallest absolute Gasteiger partial charge is 0.253 e. The topological polar surface area (TPSA) is 54.5 Å². The van der Waals surface area contributed by atoms with E-state index in [4.69, 9.17) is 4.74 Å².